The smallest absolute Gasteiger partial charge is 0.269 e. The molecule has 2 rings (SSSR count). The SMILES string of the molecule is CCC(C(C)C)N1C(=O)CNC1c1ccc([N+](=O)[O-])cc1. The van der Waals surface area contributed by atoms with Crippen LogP contribution in [0.25, 0.3) is 0 Å². The number of nitrogens with one attached hydrogen (secondary N) is 1. The molecule has 1 saturated heterocycles. The summed E-state index contributed by atoms with van der Waals surface area (Å²) >= 11 is 0. The van der Waals surface area contributed by atoms with Crippen molar-refractivity contribution in [2.24, 2.45) is 5.92 Å². The normalized spacial score (nSPS) is 20.1. The molecule has 2 atom stereocenters. The number of non-ortho nitro benzene ring substituents is 1. The molecule has 1 amide bonds. The van der Waals surface area contributed by atoms with Crippen LogP contribution in [0.5, 0.6) is 0 Å². The van der Waals surface area contributed by atoms with Crippen LogP contribution >= 0.6 is 0 Å². The molecule has 0 saturated carbocycles. The molecule has 0 spiro atoms. The Morgan fingerprint density at radius 1 is 1.38 bits per heavy atom. The molecular weight excluding hydrogens is 270 g/mol. The number of nitro benzene ring substituents is 1. The predicted octanol–water partition coefficient (Wildman–Crippen LogP) is 2.46. The fourth-order valence-corrected chi connectivity index (χ4v) is 2.94. The fourth-order valence-electron chi connectivity index (χ4n) is 2.94. The van der Waals surface area contributed by atoms with E-state index < -0.39 is 4.92 Å². The van der Waals surface area contributed by atoms with Crippen molar-refractivity contribution >= 4 is 11.6 Å². The van der Waals surface area contributed by atoms with E-state index in [9.17, 15) is 14.9 Å². The first-order chi connectivity index (χ1) is 9.95. The number of rotatable bonds is 5. The van der Waals surface area contributed by atoms with Crippen molar-refractivity contribution in [1.82, 2.24) is 10.2 Å². The van der Waals surface area contributed by atoms with E-state index in [1.807, 2.05) is 4.90 Å². The summed E-state index contributed by atoms with van der Waals surface area (Å²) in [4.78, 5) is 24.4. The molecule has 1 fully saturated rings. The highest BCUT2D eigenvalue weighted by Gasteiger charge is 2.37. The van der Waals surface area contributed by atoms with Crippen molar-refractivity contribution in [2.75, 3.05) is 6.54 Å². The third kappa shape index (κ3) is 3.05. The average Bonchev–Trinajstić information content (AvgIpc) is 2.82. The van der Waals surface area contributed by atoms with Crippen LogP contribution in [0.15, 0.2) is 24.3 Å². The Bertz CT molecular complexity index is 527. The Morgan fingerprint density at radius 2 is 2.00 bits per heavy atom. The molecule has 1 aromatic rings. The van der Waals surface area contributed by atoms with Gasteiger partial charge in [0.25, 0.3) is 5.69 Å². The second-order valence-electron chi connectivity index (χ2n) is 5.65. The van der Waals surface area contributed by atoms with Crippen molar-refractivity contribution in [3.8, 4) is 0 Å². The quantitative estimate of drug-likeness (QED) is 0.668. The van der Waals surface area contributed by atoms with Crippen LogP contribution in [0, 0.1) is 16.0 Å². The molecule has 0 aliphatic carbocycles. The number of nitrogens with zero attached hydrogens (tertiary/aromatic N) is 2. The Morgan fingerprint density at radius 3 is 2.48 bits per heavy atom. The molecule has 0 aromatic heterocycles. The van der Waals surface area contributed by atoms with Crippen LogP contribution in [0.4, 0.5) is 5.69 Å². The van der Waals surface area contributed by atoms with E-state index in [-0.39, 0.29) is 23.8 Å². The maximum Gasteiger partial charge on any atom is 0.269 e. The number of hydrogen-bond donors (Lipinski definition) is 1. The first kappa shape index (κ1) is 15.4. The van der Waals surface area contributed by atoms with Gasteiger partial charge in [0.05, 0.1) is 11.5 Å². The van der Waals surface area contributed by atoms with Crippen LogP contribution in [0.3, 0.4) is 0 Å². The van der Waals surface area contributed by atoms with Gasteiger partial charge in [-0.1, -0.05) is 20.8 Å². The van der Waals surface area contributed by atoms with Crippen molar-refractivity contribution in [1.29, 1.82) is 0 Å². The van der Waals surface area contributed by atoms with Gasteiger partial charge >= 0.3 is 0 Å². The maximum absolute atomic E-state index is 12.2. The number of amides is 1. The zero-order chi connectivity index (χ0) is 15.6. The van der Waals surface area contributed by atoms with Gasteiger partial charge < -0.3 is 4.90 Å². The van der Waals surface area contributed by atoms with E-state index in [4.69, 9.17) is 0 Å². The second kappa shape index (κ2) is 6.22. The van der Waals surface area contributed by atoms with Crippen molar-refractivity contribution in [3.63, 3.8) is 0 Å². The maximum atomic E-state index is 12.2. The Balaban J connectivity index is 2.28. The van der Waals surface area contributed by atoms with Gasteiger partial charge in [-0.15, -0.1) is 0 Å². The van der Waals surface area contributed by atoms with E-state index in [0.717, 1.165) is 12.0 Å². The molecule has 21 heavy (non-hydrogen) atoms. The zero-order valence-corrected chi connectivity index (χ0v) is 12.6. The van der Waals surface area contributed by atoms with Gasteiger partial charge in [0.15, 0.2) is 0 Å². The lowest BCUT2D eigenvalue weighted by atomic mass is 9.98. The molecule has 1 N–H and O–H groups in total. The van der Waals surface area contributed by atoms with Gasteiger partial charge in [0.2, 0.25) is 5.91 Å². The number of hydrogen-bond acceptors (Lipinski definition) is 4. The first-order valence-corrected chi connectivity index (χ1v) is 7.24. The van der Waals surface area contributed by atoms with E-state index in [1.165, 1.54) is 12.1 Å². The fraction of sp³-hybridized carbons (Fsp3) is 0.533. The predicted molar refractivity (Wildman–Crippen MR) is 79.6 cm³/mol. The minimum atomic E-state index is -0.419. The molecule has 6 heteroatoms. The van der Waals surface area contributed by atoms with Gasteiger partial charge in [-0.3, -0.25) is 20.2 Å². The number of benzene rings is 1. The number of carbonyl (C=O) groups is 1. The lowest BCUT2D eigenvalue weighted by Crippen LogP contribution is -2.42. The summed E-state index contributed by atoms with van der Waals surface area (Å²) < 4.78 is 0. The largest absolute Gasteiger partial charge is 0.319 e. The Hall–Kier alpha value is -1.95. The van der Waals surface area contributed by atoms with Crippen LogP contribution in [-0.4, -0.2) is 28.3 Å². The van der Waals surface area contributed by atoms with Crippen LogP contribution in [-0.2, 0) is 4.79 Å². The first-order valence-electron chi connectivity index (χ1n) is 7.24. The van der Waals surface area contributed by atoms with Gasteiger partial charge in [0, 0.05) is 18.2 Å². The summed E-state index contributed by atoms with van der Waals surface area (Å²) in [6, 6.07) is 6.55. The summed E-state index contributed by atoms with van der Waals surface area (Å²) in [7, 11) is 0. The molecule has 0 radical (unpaired) electrons. The minimum Gasteiger partial charge on any atom is -0.319 e. The minimum absolute atomic E-state index is 0.0607. The number of carbonyl (C=O) groups excluding carboxylic acids is 1. The van der Waals surface area contributed by atoms with Gasteiger partial charge in [-0.05, 0) is 30.0 Å². The third-order valence-corrected chi connectivity index (χ3v) is 3.98. The summed E-state index contributed by atoms with van der Waals surface area (Å²) in [6.45, 7) is 6.59. The molecule has 6 nitrogen and oxygen atoms in total. The van der Waals surface area contributed by atoms with Gasteiger partial charge in [-0.25, -0.2) is 0 Å². The molecule has 1 heterocycles. The highest BCUT2D eigenvalue weighted by molar-refractivity contribution is 5.81. The topological polar surface area (TPSA) is 75.5 Å². The summed E-state index contributed by atoms with van der Waals surface area (Å²) in [5.74, 6) is 0.443. The molecule has 0 bridgehead atoms. The molecule has 1 aliphatic heterocycles. The Kier molecular flexibility index (Phi) is 4.57. The highest BCUT2D eigenvalue weighted by Crippen LogP contribution is 2.29. The third-order valence-electron chi connectivity index (χ3n) is 3.98. The molecule has 2 unspecified atom stereocenters. The van der Waals surface area contributed by atoms with Crippen molar-refractivity contribution in [3.05, 3.63) is 39.9 Å². The van der Waals surface area contributed by atoms with Crippen LogP contribution in [0.2, 0.25) is 0 Å². The van der Waals surface area contributed by atoms with Crippen LogP contribution in [0.1, 0.15) is 38.9 Å². The summed E-state index contributed by atoms with van der Waals surface area (Å²) in [5, 5.41) is 13.9. The molecule has 1 aromatic carbocycles. The monoisotopic (exact) mass is 291 g/mol. The number of nitro groups is 1. The van der Waals surface area contributed by atoms with E-state index in [0.29, 0.717) is 12.5 Å². The van der Waals surface area contributed by atoms with Crippen molar-refractivity contribution < 1.29 is 9.72 Å². The van der Waals surface area contributed by atoms with Gasteiger partial charge in [-0.2, -0.15) is 0 Å². The second-order valence-corrected chi connectivity index (χ2v) is 5.65. The highest BCUT2D eigenvalue weighted by atomic mass is 16.6. The molecule has 1 aliphatic rings. The van der Waals surface area contributed by atoms with E-state index in [1.54, 1.807) is 12.1 Å². The molecule has 114 valence electrons. The standard InChI is InChI=1S/C15H21N3O3/c1-4-13(10(2)3)17-14(19)9-16-15(17)11-5-7-12(8-6-11)18(20)21/h5-8,10,13,15-16H,4,9H2,1-3H3. The Labute approximate surface area is 124 Å². The van der Waals surface area contributed by atoms with Gasteiger partial charge in [0.1, 0.15) is 6.17 Å². The lowest BCUT2D eigenvalue weighted by molar-refractivity contribution is -0.384. The average molecular weight is 291 g/mol. The van der Waals surface area contributed by atoms with E-state index in [2.05, 4.69) is 26.1 Å². The van der Waals surface area contributed by atoms with Crippen LogP contribution < -0.4 is 5.32 Å². The van der Waals surface area contributed by atoms with Crippen molar-refractivity contribution in [2.45, 2.75) is 39.4 Å². The summed E-state index contributed by atoms with van der Waals surface area (Å²) in [6.07, 6.45) is 0.680. The zero-order valence-electron chi connectivity index (χ0n) is 12.6. The molecular formula is C15H21N3O3. The van der Waals surface area contributed by atoms with E-state index >= 15 is 0 Å². The summed E-state index contributed by atoms with van der Waals surface area (Å²) in [5.41, 5.74) is 0.941. The lowest BCUT2D eigenvalue weighted by Gasteiger charge is -2.35.